The van der Waals surface area contributed by atoms with Crippen LogP contribution in [0.2, 0.25) is 0 Å². The summed E-state index contributed by atoms with van der Waals surface area (Å²) >= 11 is 0. The lowest BCUT2D eigenvalue weighted by atomic mass is 9.43. The third-order valence-electron chi connectivity index (χ3n) is 15.5. The van der Waals surface area contributed by atoms with Crippen LogP contribution < -0.4 is 21.3 Å². The molecule has 7 rings (SSSR count). The zero-order valence-corrected chi connectivity index (χ0v) is 40.8. The van der Waals surface area contributed by atoms with E-state index in [1.54, 1.807) is 6.92 Å². The maximum Gasteiger partial charge on any atom is 0.481 e. The van der Waals surface area contributed by atoms with Gasteiger partial charge in [0.25, 0.3) is 0 Å². The molecule has 2 heterocycles. The van der Waals surface area contributed by atoms with Gasteiger partial charge in [0.05, 0.1) is 23.7 Å². The van der Waals surface area contributed by atoms with Gasteiger partial charge in [-0.2, -0.15) is 0 Å². The SMILES string of the molecule is CCCCC[C@H](CC(=O)c1ccc(-c2ccc(CCCC)cc2)cc1)C(=O)N[C@H]1CCCC(=O)NCCCC[C@@H](C(=O)N[C@@H](C)B2O[C@@H]3C[C@@H]4C[C@@H](C4(C)C)[C@]3(C)O2)NC(=O)[C@H](C)CC1=O. The Labute approximate surface area is 394 Å². The zero-order chi connectivity index (χ0) is 47.6. The van der Waals surface area contributed by atoms with Crippen LogP contribution in [0.3, 0.4) is 0 Å². The van der Waals surface area contributed by atoms with Crippen molar-refractivity contribution in [3.8, 4) is 11.1 Å². The summed E-state index contributed by atoms with van der Waals surface area (Å²) in [4.78, 5) is 82.5. The molecule has 2 aromatic carbocycles. The number of carbonyl (C=O) groups excluding carboxylic acids is 6. The minimum Gasteiger partial charge on any atom is -0.404 e. The number of rotatable bonds is 16. The smallest absolute Gasteiger partial charge is 0.404 e. The molecule has 5 fully saturated rings. The predicted molar refractivity (Wildman–Crippen MR) is 258 cm³/mol. The molecule has 66 heavy (non-hydrogen) atoms. The van der Waals surface area contributed by atoms with E-state index in [9.17, 15) is 28.8 Å². The van der Waals surface area contributed by atoms with Gasteiger partial charge in [-0.25, -0.2) is 0 Å². The predicted octanol–water partition coefficient (Wildman–Crippen LogP) is 8.27. The number of carbonyl (C=O) groups is 6. The molecule has 9 atom stereocenters. The van der Waals surface area contributed by atoms with Crippen molar-refractivity contribution in [2.75, 3.05) is 6.54 Å². The second-order valence-electron chi connectivity index (χ2n) is 20.8. The largest absolute Gasteiger partial charge is 0.481 e. The number of unbranched alkanes of at least 4 members (excludes halogenated alkanes) is 3. The molecule has 0 spiro atoms. The highest BCUT2D eigenvalue weighted by atomic mass is 16.7. The second kappa shape index (κ2) is 23.1. The van der Waals surface area contributed by atoms with Crippen LogP contribution in [0.4, 0.5) is 0 Å². The molecule has 4 N–H and O–H groups in total. The van der Waals surface area contributed by atoms with Gasteiger partial charge in [0, 0.05) is 43.2 Å². The van der Waals surface area contributed by atoms with Crippen LogP contribution in [0.1, 0.15) is 167 Å². The van der Waals surface area contributed by atoms with Gasteiger partial charge in [-0.3, -0.25) is 28.8 Å². The minimum atomic E-state index is -0.960. The highest BCUT2D eigenvalue weighted by Gasteiger charge is 2.68. The van der Waals surface area contributed by atoms with Crippen LogP contribution >= 0.6 is 0 Å². The van der Waals surface area contributed by atoms with Crippen molar-refractivity contribution < 1.29 is 38.1 Å². The van der Waals surface area contributed by atoms with Crippen LogP contribution in [-0.2, 0) is 39.7 Å². The Morgan fingerprint density at radius 2 is 1.58 bits per heavy atom. The topological polar surface area (TPSA) is 169 Å². The summed E-state index contributed by atoms with van der Waals surface area (Å²) in [6.45, 7) is 14.9. The standard InChI is InChI=1S/C53H77BN4O8/c1-8-10-12-17-40(31-44(59)39-27-25-38(26-28-39)37-23-21-36(22-24-37)16-11-9-2)50(63)57-42-19-15-20-48(61)55-29-14-13-18-43(58-49(62)34(3)30-45(42)60)51(64)56-35(4)54-65-47-33-41-32-46(52(41,5)6)53(47,7)66-54/h21-28,34-35,40-43,46-47H,8-20,29-33H2,1-7H3,(H,55,61)(H,56,64)(H,57,63)(H,58,62)/t34-,35+,40-,41+,42+,43+,46+,47-,53+/m1/s1. The van der Waals surface area contributed by atoms with Crippen LogP contribution in [0, 0.1) is 29.1 Å². The molecule has 5 aliphatic rings. The first-order valence-electron chi connectivity index (χ1n) is 25.3. The second-order valence-corrected chi connectivity index (χ2v) is 20.8. The van der Waals surface area contributed by atoms with Crippen molar-refractivity contribution in [1.82, 2.24) is 21.3 Å². The van der Waals surface area contributed by atoms with Crippen molar-refractivity contribution in [2.45, 2.75) is 187 Å². The molecule has 0 radical (unpaired) electrons. The first-order valence-corrected chi connectivity index (χ1v) is 25.3. The van der Waals surface area contributed by atoms with Crippen LogP contribution in [-0.4, -0.2) is 78.6 Å². The van der Waals surface area contributed by atoms with Crippen LogP contribution in [0.15, 0.2) is 48.5 Å². The number of hydrogen-bond acceptors (Lipinski definition) is 8. The molecular weight excluding hydrogens is 831 g/mol. The first-order chi connectivity index (χ1) is 31.5. The molecule has 12 nitrogen and oxygen atoms in total. The summed E-state index contributed by atoms with van der Waals surface area (Å²) in [5.41, 5.74) is 3.65. The molecule has 3 saturated carbocycles. The fraction of sp³-hybridized carbons (Fsp3) is 0.660. The van der Waals surface area contributed by atoms with E-state index in [1.807, 2.05) is 31.2 Å². The van der Waals surface area contributed by atoms with E-state index >= 15 is 0 Å². The Kier molecular flexibility index (Phi) is 17.9. The highest BCUT2D eigenvalue weighted by Crippen LogP contribution is 2.65. The number of nitrogens with one attached hydrogen (secondary N) is 4. The summed E-state index contributed by atoms with van der Waals surface area (Å²) in [5, 5.41) is 11.9. The third kappa shape index (κ3) is 12.6. The molecule has 0 unspecified atom stereocenters. The number of amides is 4. The lowest BCUT2D eigenvalue weighted by Crippen LogP contribution is -2.65. The summed E-state index contributed by atoms with van der Waals surface area (Å²) < 4.78 is 13.0. The normalized spacial score (nSPS) is 27.9. The van der Waals surface area contributed by atoms with Crippen molar-refractivity contribution in [3.63, 3.8) is 0 Å². The van der Waals surface area contributed by atoms with Crippen LogP contribution in [0.5, 0.6) is 0 Å². The van der Waals surface area contributed by atoms with E-state index in [0.717, 1.165) is 62.5 Å². The van der Waals surface area contributed by atoms with Crippen molar-refractivity contribution in [3.05, 3.63) is 59.7 Å². The molecule has 2 bridgehead atoms. The average Bonchev–Trinajstić information content (AvgIpc) is 3.67. The average molecular weight is 909 g/mol. The number of ketones is 2. The third-order valence-corrected chi connectivity index (χ3v) is 15.5. The molecular formula is C53H77BN4O8. The Hall–Kier alpha value is -4.36. The molecule has 13 heteroatoms. The van der Waals surface area contributed by atoms with Gasteiger partial charge in [-0.1, -0.05) is 109 Å². The quantitative estimate of drug-likeness (QED) is 0.0742. The Morgan fingerprint density at radius 1 is 0.879 bits per heavy atom. The van der Waals surface area contributed by atoms with Gasteiger partial charge in [-0.15, -0.1) is 0 Å². The number of benzene rings is 2. The highest BCUT2D eigenvalue weighted by molar-refractivity contribution is 6.47. The van der Waals surface area contributed by atoms with Crippen molar-refractivity contribution >= 4 is 42.3 Å². The van der Waals surface area contributed by atoms with Crippen LogP contribution in [0.25, 0.3) is 11.1 Å². The number of hydrogen-bond donors (Lipinski definition) is 4. The minimum absolute atomic E-state index is 0.0106. The summed E-state index contributed by atoms with van der Waals surface area (Å²) in [6.07, 6.45) is 10.5. The first kappa shape index (κ1) is 51.0. The summed E-state index contributed by atoms with van der Waals surface area (Å²) in [7, 11) is -0.625. The van der Waals surface area contributed by atoms with Gasteiger partial charge in [0.15, 0.2) is 11.6 Å². The maximum absolute atomic E-state index is 14.1. The molecule has 0 aromatic heterocycles. The Bertz CT molecular complexity index is 2010. The lowest BCUT2D eigenvalue weighted by Gasteiger charge is -2.64. The molecule has 2 aliphatic heterocycles. The molecule has 360 valence electrons. The van der Waals surface area contributed by atoms with Crippen molar-refractivity contribution in [1.29, 1.82) is 0 Å². The van der Waals surface area contributed by atoms with Gasteiger partial charge < -0.3 is 30.6 Å². The lowest BCUT2D eigenvalue weighted by molar-refractivity contribution is -0.199. The van der Waals surface area contributed by atoms with E-state index in [2.05, 4.69) is 80.2 Å². The number of Topliss-reactive ketones (excluding diaryl/α,β-unsaturated/α-hetero) is 2. The van der Waals surface area contributed by atoms with Gasteiger partial charge in [0.2, 0.25) is 23.6 Å². The van der Waals surface area contributed by atoms with Gasteiger partial charge in [-0.05, 0) is 112 Å². The van der Waals surface area contributed by atoms with E-state index in [1.165, 1.54) is 5.56 Å². The number of aryl methyl sites for hydroxylation is 1. The summed E-state index contributed by atoms with van der Waals surface area (Å²) in [6, 6.07) is 14.2. The monoisotopic (exact) mass is 909 g/mol. The van der Waals surface area contributed by atoms with E-state index in [0.29, 0.717) is 56.0 Å². The van der Waals surface area contributed by atoms with E-state index in [4.69, 9.17) is 9.31 Å². The fourth-order valence-corrected chi connectivity index (χ4v) is 10.9. The van der Waals surface area contributed by atoms with Gasteiger partial charge in [0.1, 0.15) is 6.04 Å². The molecule has 2 saturated heterocycles. The Balaban J connectivity index is 1.08. The molecule has 2 aromatic rings. The zero-order valence-electron chi connectivity index (χ0n) is 40.8. The molecule has 4 amide bonds. The summed E-state index contributed by atoms with van der Waals surface area (Å²) in [5.74, 6) is -2.82. The van der Waals surface area contributed by atoms with Gasteiger partial charge >= 0.3 is 7.12 Å². The van der Waals surface area contributed by atoms with E-state index < -0.39 is 48.5 Å². The fourth-order valence-electron chi connectivity index (χ4n) is 10.9. The molecule has 3 aliphatic carbocycles. The van der Waals surface area contributed by atoms with E-state index in [-0.39, 0.29) is 66.5 Å². The van der Waals surface area contributed by atoms with Crippen molar-refractivity contribution in [2.24, 2.45) is 29.1 Å². The maximum atomic E-state index is 14.1. The Morgan fingerprint density at radius 3 is 2.26 bits per heavy atom.